The minimum absolute atomic E-state index is 0.0565. The molecule has 0 unspecified atom stereocenters. The van der Waals surface area contributed by atoms with Gasteiger partial charge in [-0.25, -0.2) is 8.42 Å². The maximum atomic E-state index is 13.2. The smallest absolute Gasteiger partial charge is 0.320 e. The van der Waals surface area contributed by atoms with Gasteiger partial charge in [0.05, 0.1) is 18.0 Å². The summed E-state index contributed by atoms with van der Waals surface area (Å²) in [5, 5.41) is 0. The molecule has 0 spiro atoms. The second kappa shape index (κ2) is 8.97. The number of rotatable bonds is 7. The van der Waals surface area contributed by atoms with E-state index in [2.05, 4.69) is 0 Å². The van der Waals surface area contributed by atoms with Crippen LogP contribution in [0.25, 0.3) is 0 Å². The number of piperidine rings is 1. The molecule has 0 bridgehead atoms. The predicted octanol–water partition coefficient (Wildman–Crippen LogP) is 2.42. The van der Waals surface area contributed by atoms with Crippen molar-refractivity contribution in [1.82, 2.24) is 9.21 Å². The van der Waals surface area contributed by atoms with Crippen LogP contribution >= 0.6 is 0 Å². The zero-order valence-corrected chi connectivity index (χ0v) is 17.0. The van der Waals surface area contributed by atoms with E-state index in [4.69, 9.17) is 4.74 Å². The summed E-state index contributed by atoms with van der Waals surface area (Å²) in [7, 11) is -3.55. The summed E-state index contributed by atoms with van der Waals surface area (Å²) in [5.74, 6) is -0.223. The normalized spacial score (nSPS) is 17.0. The van der Waals surface area contributed by atoms with Crippen molar-refractivity contribution in [2.45, 2.75) is 57.5 Å². The molecule has 0 radical (unpaired) electrons. The number of sulfonamides is 1. The predicted molar refractivity (Wildman–Crippen MR) is 101 cm³/mol. The second-order valence-corrected chi connectivity index (χ2v) is 8.90. The fourth-order valence-corrected chi connectivity index (χ4v) is 5.50. The Balaban J connectivity index is 2.11. The zero-order chi connectivity index (χ0) is 19.3. The van der Waals surface area contributed by atoms with Crippen LogP contribution in [-0.4, -0.2) is 61.9 Å². The molecule has 0 saturated carbocycles. The van der Waals surface area contributed by atoms with Crippen LogP contribution in [0.5, 0.6) is 0 Å². The van der Waals surface area contributed by atoms with Crippen LogP contribution in [0.3, 0.4) is 0 Å². The van der Waals surface area contributed by atoms with Crippen LogP contribution in [-0.2, 0) is 19.6 Å². The van der Waals surface area contributed by atoms with Crippen LogP contribution in [0.2, 0.25) is 0 Å². The highest BCUT2D eigenvalue weighted by Gasteiger charge is 2.35. The minimum Gasteiger partial charge on any atom is -0.465 e. The van der Waals surface area contributed by atoms with E-state index < -0.39 is 10.0 Å². The molecule has 0 amide bonds. The molecular formula is C19H30N2O4S. The van der Waals surface area contributed by atoms with Gasteiger partial charge in [0, 0.05) is 25.2 Å². The highest BCUT2D eigenvalue weighted by molar-refractivity contribution is 7.89. The Morgan fingerprint density at radius 3 is 2.50 bits per heavy atom. The summed E-state index contributed by atoms with van der Waals surface area (Å²) in [5.41, 5.74) is 0.930. The van der Waals surface area contributed by atoms with E-state index in [1.54, 1.807) is 29.4 Å². The summed E-state index contributed by atoms with van der Waals surface area (Å²) < 4.78 is 33.1. The Bertz CT molecular complexity index is 710. The average Bonchev–Trinajstić information content (AvgIpc) is 2.56. The fourth-order valence-electron chi connectivity index (χ4n) is 3.51. The third kappa shape index (κ3) is 5.05. The number of esters is 1. The van der Waals surface area contributed by atoms with E-state index in [1.165, 1.54) is 0 Å². The van der Waals surface area contributed by atoms with E-state index in [0.29, 0.717) is 37.4 Å². The van der Waals surface area contributed by atoms with Gasteiger partial charge in [0.2, 0.25) is 10.0 Å². The average molecular weight is 383 g/mol. The van der Waals surface area contributed by atoms with Gasteiger partial charge in [0.15, 0.2) is 0 Å². The highest BCUT2D eigenvalue weighted by Crippen LogP contribution is 2.27. The van der Waals surface area contributed by atoms with Crippen molar-refractivity contribution in [1.29, 1.82) is 0 Å². The van der Waals surface area contributed by atoms with Crippen molar-refractivity contribution < 1.29 is 17.9 Å². The SMILES string of the molecule is CCOC(=O)CN1CCC(N(C(C)C)S(=O)(=O)c2cccc(C)c2)CC1. The molecule has 0 N–H and O–H groups in total. The van der Waals surface area contributed by atoms with Crippen LogP contribution < -0.4 is 0 Å². The number of nitrogens with zero attached hydrogens (tertiary/aromatic N) is 2. The van der Waals surface area contributed by atoms with Crippen molar-refractivity contribution in [2.24, 2.45) is 0 Å². The molecule has 1 saturated heterocycles. The Labute approximate surface area is 157 Å². The molecule has 7 heteroatoms. The van der Waals surface area contributed by atoms with Crippen LogP contribution in [0.1, 0.15) is 39.2 Å². The van der Waals surface area contributed by atoms with Gasteiger partial charge in [-0.1, -0.05) is 12.1 Å². The van der Waals surface area contributed by atoms with Crippen molar-refractivity contribution in [3.8, 4) is 0 Å². The third-order valence-corrected chi connectivity index (χ3v) is 6.77. The summed E-state index contributed by atoms with van der Waals surface area (Å²) >= 11 is 0. The van der Waals surface area contributed by atoms with Crippen LogP contribution in [0, 0.1) is 6.92 Å². The number of hydrogen-bond acceptors (Lipinski definition) is 5. The lowest BCUT2D eigenvalue weighted by molar-refractivity contribution is -0.144. The van der Waals surface area contributed by atoms with Gasteiger partial charge in [-0.2, -0.15) is 4.31 Å². The van der Waals surface area contributed by atoms with Gasteiger partial charge in [0.1, 0.15) is 0 Å². The van der Waals surface area contributed by atoms with E-state index in [9.17, 15) is 13.2 Å². The molecule has 1 aromatic rings. The number of carbonyl (C=O) groups is 1. The van der Waals surface area contributed by atoms with Crippen molar-refractivity contribution in [3.63, 3.8) is 0 Å². The molecule has 0 aliphatic carbocycles. The molecule has 1 aliphatic heterocycles. The summed E-state index contributed by atoms with van der Waals surface area (Å²) in [6, 6.07) is 6.88. The van der Waals surface area contributed by atoms with Gasteiger partial charge < -0.3 is 4.74 Å². The van der Waals surface area contributed by atoms with Crippen LogP contribution in [0.4, 0.5) is 0 Å². The van der Waals surface area contributed by atoms with E-state index >= 15 is 0 Å². The maximum Gasteiger partial charge on any atom is 0.320 e. The van der Waals surface area contributed by atoms with E-state index in [0.717, 1.165) is 5.56 Å². The van der Waals surface area contributed by atoms with E-state index in [-0.39, 0.29) is 24.6 Å². The zero-order valence-electron chi connectivity index (χ0n) is 16.1. The molecule has 1 heterocycles. The molecule has 6 nitrogen and oxygen atoms in total. The second-order valence-electron chi connectivity index (χ2n) is 7.06. The Kier molecular flexibility index (Phi) is 7.20. The lowest BCUT2D eigenvalue weighted by atomic mass is 10.0. The molecule has 0 aromatic heterocycles. The van der Waals surface area contributed by atoms with Gasteiger partial charge in [-0.3, -0.25) is 9.69 Å². The number of benzene rings is 1. The topological polar surface area (TPSA) is 66.9 Å². The van der Waals surface area contributed by atoms with Crippen LogP contribution in [0.15, 0.2) is 29.2 Å². The number of aryl methyl sites for hydroxylation is 1. The first-order valence-corrected chi connectivity index (χ1v) is 10.7. The maximum absolute atomic E-state index is 13.2. The fraction of sp³-hybridized carbons (Fsp3) is 0.632. The third-order valence-electron chi connectivity index (χ3n) is 4.65. The quantitative estimate of drug-likeness (QED) is 0.678. The monoisotopic (exact) mass is 382 g/mol. The summed E-state index contributed by atoms with van der Waals surface area (Å²) in [4.78, 5) is 14.0. The number of hydrogen-bond donors (Lipinski definition) is 0. The molecule has 1 aromatic carbocycles. The first kappa shape index (κ1) is 20.9. The number of likely N-dealkylation sites (tertiary alicyclic amines) is 1. The molecular weight excluding hydrogens is 352 g/mol. The summed E-state index contributed by atoms with van der Waals surface area (Å²) in [6.45, 7) is 9.55. The first-order chi connectivity index (χ1) is 12.3. The molecule has 26 heavy (non-hydrogen) atoms. The molecule has 0 atom stereocenters. The Hall–Kier alpha value is -1.44. The van der Waals surface area contributed by atoms with Crippen molar-refractivity contribution >= 4 is 16.0 Å². The Morgan fingerprint density at radius 2 is 1.96 bits per heavy atom. The standard InChI is InChI=1S/C19H30N2O4S/c1-5-25-19(22)14-20-11-9-17(10-12-20)21(15(2)3)26(23,24)18-8-6-7-16(4)13-18/h6-8,13,15,17H,5,9-12,14H2,1-4H3. The number of carbonyl (C=O) groups excluding carboxylic acids is 1. The van der Waals surface area contributed by atoms with Gasteiger partial charge in [-0.05, 0) is 58.2 Å². The first-order valence-electron chi connectivity index (χ1n) is 9.24. The molecule has 1 aliphatic rings. The lowest BCUT2D eigenvalue weighted by Crippen LogP contribution is -2.50. The van der Waals surface area contributed by atoms with Gasteiger partial charge in [0.25, 0.3) is 0 Å². The van der Waals surface area contributed by atoms with Crippen molar-refractivity contribution in [2.75, 3.05) is 26.2 Å². The summed E-state index contributed by atoms with van der Waals surface area (Å²) in [6.07, 6.45) is 1.42. The van der Waals surface area contributed by atoms with E-state index in [1.807, 2.05) is 31.7 Å². The van der Waals surface area contributed by atoms with Gasteiger partial charge in [-0.15, -0.1) is 0 Å². The minimum atomic E-state index is -3.55. The Morgan fingerprint density at radius 1 is 1.31 bits per heavy atom. The van der Waals surface area contributed by atoms with Crippen molar-refractivity contribution in [3.05, 3.63) is 29.8 Å². The highest BCUT2D eigenvalue weighted by atomic mass is 32.2. The molecule has 2 rings (SSSR count). The lowest BCUT2D eigenvalue weighted by Gasteiger charge is -2.39. The molecule has 146 valence electrons. The van der Waals surface area contributed by atoms with Gasteiger partial charge >= 0.3 is 5.97 Å². The number of ether oxygens (including phenoxy) is 1. The largest absolute Gasteiger partial charge is 0.465 e. The molecule has 1 fully saturated rings.